The van der Waals surface area contributed by atoms with Crippen molar-refractivity contribution in [2.45, 2.75) is 148 Å². The molecule has 1 aromatic carbocycles. The number of hydrogen-bond acceptors (Lipinski definition) is 7. The van der Waals surface area contributed by atoms with Crippen LogP contribution in [0.5, 0.6) is 5.75 Å². The number of rotatable bonds is 10. The molecule has 47 heavy (non-hydrogen) atoms. The van der Waals surface area contributed by atoms with E-state index in [-0.39, 0.29) is 47.9 Å². The zero-order valence-electron chi connectivity index (χ0n) is 29.7. The Labute approximate surface area is 281 Å². The van der Waals surface area contributed by atoms with Gasteiger partial charge in [-0.3, -0.25) is 4.79 Å². The lowest BCUT2D eigenvalue weighted by molar-refractivity contribution is -0.168. The first-order valence-corrected chi connectivity index (χ1v) is 18.5. The summed E-state index contributed by atoms with van der Waals surface area (Å²) >= 11 is 0. The lowest BCUT2D eigenvalue weighted by Crippen LogP contribution is -2.63. The maximum Gasteiger partial charge on any atom is 0.159 e. The van der Waals surface area contributed by atoms with Crippen LogP contribution in [-0.2, 0) is 22.4 Å². The second-order valence-electron chi connectivity index (χ2n) is 17.6. The van der Waals surface area contributed by atoms with E-state index < -0.39 is 34.2 Å². The number of hydrogen-bond donors (Lipinski definition) is 5. The van der Waals surface area contributed by atoms with Crippen molar-refractivity contribution in [2.75, 3.05) is 0 Å². The average Bonchev–Trinajstić information content (AvgIpc) is 3.73. The highest BCUT2D eigenvalue weighted by atomic mass is 16.6. The maximum absolute atomic E-state index is 13.8. The Balaban J connectivity index is 1.38. The number of epoxide rings is 1. The molecule has 0 bridgehead atoms. The van der Waals surface area contributed by atoms with Crippen molar-refractivity contribution in [2.24, 2.45) is 46.3 Å². The summed E-state index contributed by atoms with van der Waals surface area (Å²) in [6.45, 7) is 14.9. The molecule has 7 nitrogen and oxygen atoms in total. The van der Waals surface area contributed by atoms with Crippen LogP contribution in [0.25, 0.3) is 0 Å². The topological polar surface area (TPSA) is 131 Å². The molecule has 1 aromatic rings. The first-order valence-electron chi connectivity index (χ1n) is 18.5. The minimum absolute atomic E-state index is 0.0352. The van der Waals surface area contributed by atoms with Gasteiger partial charge < -0.3 is 30.3 Å². The number of aryl methyl sites for hydroxylation is 2. The predicted octanol–water partition coefficient (Wildman–Crippen LogP) is 5.91. The molecule has 3 saturated carbocycles. The van der Waals surface area contributed by atoms with Gasteiger partial charge in [0.2, 0.25) is 0 Å². The number of aromatic hydroxyl groups is 1. The second kappa shape index (κ2) is 12.2. The molecule has 0 amide bonds. The first kappa shape index (κ1) is 35.1. The van der Waals surface area contributed by atoms with Crippen LogP contribution >= 0.6 is 0 Å². The van der Waals surface area contributed by atoms with Crippen molar-refractivity contribution in [3.8, 4) is 5.75 Å². The number of allylic oxidation sites excluding steroid dienone is 1. The molecule has 4 fully saturated rings. The van der Waals surface area contributed by atoms with Crippen molar-refractivity contribution < 1.29 is 35.1 Å². The molecule has 1 saturated heterocycles. The number of aliphatic hydroxyl groups excluding tert-OH is 2. The molecule has 0 unspecified atom stereocenters. The van der Waals surface area contributed by atoms with Gasteiger partial charge in [-0.05, 0) is 141 Å². The van der Waals surface area contributed by atoms with Crippen LogP contribution in [0.2, 0.25) is 0 Å². The maximum atomic E-state index is 13.8. The summed E-state index contributed by atoms with van der Waals surface area (Å²) in [4.78, 5) is 13.8. The van der Waals surface area contributed by atoms with Gasteiger partial charge in [0.05, 0.1) is 29.5 Å². The highest BCUT2D eigenvalue weighted by Gasteiger charge is 2.72. The minimum atomic E-state index is -1.30. The molecule has 1 heterocycles. The van der Waals surface area contributed by atoms with E-state index >= 15 is 0 Å². The molecule has 0 aromatic heterocycles. The van der Waals surface area contributed by atoms with E-state index in [4.69, 9.17) is 4.74 Å². The summed E-state index contributed by atoms with van der Waals surface area (Å²) < 4.78 is 6.26. The Bertz CT molecular complexity index is 1380. The van der Waals surface area contributed by atoms with Crippen LogP contribution < -0.4 is 0 Å². The second-order valence-corrected chi connectivity index (χ2v) is 17.6. The molecule has 0 spiro atoms. The third-order valence-electron chi connectivity index (χ3n) is 14.1. The van der Waals surface area contributed by atoms with Crippen molar-refractivity contribution in [3.63, 3.8) is 0 Å². The third-order valence-corrected chi connectivity index (χ3v) is 14.1. The lowest BCUT2D eigenvalue weighted by Gasteiger charge is -2.61. The molecule has 262 valence electrons. The fourth-order valence-corrected chi connectivity index (χ4v) is 11.0. The standard InChI is InChI=1S/C40H60O7/c1-22(2)8-9-25-16-26(18-27(41)17-25)10-13-39-14-11-28-29(19-31(42)30-20-32(43)33(44)21-37(28,30)6)40(39,46)15-12-34(39)38(7,45)36-35(47-36)24(5)23(3)4/h16-19,22-24,28,30,32-36,41,43-46H,8-15,20-21H2,1-7H3/t24-,28-,30-,32-,33+,34+,35-,36-,37-,38-,39-,40+/m1/s1. The van der Waals surface area contributed by atoms with Gasteiger partial charge in [-0.2, -0.15) is 0 Å². The van der Waals surface area contributed by atoms with Gasteiger partial charge in [-0.1, -0.05) is 47.6 Å². The number of aliphatic hydroxyl groups is 4. The number of fused-ring (bicyclic) bond motifs is 5. The fraction of sp³-hybridized carbons (Fsp3) is 0.775. The Kier molecular flexibility index (Phi) is 9.12. The molecule has 6 rings (SSSR count). The summed E-state index contributed by atoms with van der Waals surface area (Å²) in [6.07, 6.45) is 5.73. The number of ketones is 1. The minimum Gasteiger partial charge on any atom is -0.508 e. The molecule has 7 heteroatoms. The van der Waals surface area contributed by atoms with Gasteiger partial charge in [0.1, 0.15) is 11.9 Å². The van der Waals surface area contributed by atoms with E-state index in [1.54, 1.807) is 6.08 Å². The van der Waals surface area contributed by atoms with Gasteiger partial charge in [0, 0.05) is 11.3 Å². The van der Waals surface area contributed by atoms with Gasteiger partial charge in [-0.15, -0.1) is 0 Å². The monoisotopic (exact) mass is 652 g/mol. The number of carbonyl (C=O) groups excluding carboxylic acids is 1. The highest BCUT2D eigenvalue weighted by Crippen LogP contribution is 2.70. The van der Waals surface area contributed by atoms with Gasteiger partial charge in [-0.25, -0.2) is 0 Å². The smallest absolute Gasteiger partial charge is 0.159 e. The SMILES string of the molecule is CC(C)CCc1cc(O)cc(CC[C@]23CC[C@@H]4C(=CC(=O)[C@H]5C[C@@H](O)[C@@H](O)C[C@@]54C)[C@@]2(O)CC[C@H]3[C@@](C)(O)[C@@H]2O[C@@H]2[C@H](C)C(C)C)c1. The normalized spacial score (nSPS) is 41.6. The summed E-state index contributed by atoms with van der Waals surface area (Å²) in [5.74, 6) is 0.708. The largest absolute Gasteiger partial charge is 0.508 e. The molecule has 1 aliphatic heterocycles. The van der Waals surface area contributed by atoms with E-state index in [1.165, 1.54) is 0 Å². The molecule has 12 atom stereocenters. The Morgan fingerprint density at radius 2 is 1.66 bits per heavy atom. The molecule has 5 N–H and O–H groups in total. The number of phenolic OH excluding ortho intramolecular Hbond substituents is 1. The average molecular weight is 653 g/mol. The van der Waals surface area contributed by atoms with Crippen LogP contribution in [0.4, 0.5) is 0 Å². The van der Waals surface area contributed by atoms with Crippen molar-refractivity contribution in [1.82, 2.24) is 0 Å². The molecular formula is C40H60O7. The molecule has 0 radical (unpaired) electrons. The Hall–Kier alpha value is -1.77. The molecule has 5 aliphatic rings. The number of phenols is 1. The van der Waals surface area contributed by atoms with Gasteiger partial charge in [0.15, 0.2) is 5.78 Å². The van der Waals surface area contributed by atoms with Crippen LogP contribution in [-0.4, -0.2) is 66.9 Å². The van der Waals surface area contributed by atoms with E-state index in [1.807, 2.05) is 19.1 Å². The van der Waals surface area contributed by atoms with Crippen molar-refractivity contribution >= 4 is 5.78 Å². The summed E-state index contributed by atoms with van der Waals surface area (Å²) in [7, 11) is 0. The number of carbonyl (C=O) groups is 1. The number of ether oxygens (including phenoxy) is 1. The number of benzene rings is 1. The predicted molar refractivity (Wildman–Crippen MR) is 182 cm³/mol. The Morgan fingerprint density at radius 3 is 2.32 bits per heavy atom. The van der Waals surface area contributed by atoms with E-state index in [0.717, 1.165) is 36.0 Å². The van der Waals surface area contributed by atoms with E-state index in [0.29, 0.717) is 56.3 Å². The van der Waals surface area contributed by atoms with Crippen LogP contribution in [0.3, 0.4) is 0 Å². The first-order chi connectivity index (χ1) is 21.9. The summed E-state index contributed by atoms with van der Waals surface area (Å²) in [5, 5.41) is 57.7. The van der Waals surface area contributed by atoms with Crippen molar-refractivity contribution in [3.05, 3.63) is 41.0 Å². The zero-order chi connectivity index (χ0) is 34.3. The van der Waals surface area contributed by atoms with E-state index in [2.05, 4.69) is 47.6 Å². The Morgan fingerprint density at radius 1 is 0.979 bits per heavy atom. The van der Waals surface area contributed by atoms with E-state index in [9.17, 15) is 30.3 Å². The fourth-order valence-electron chi connectivity index (χ4n) is 11.0. The van der Waals surface area contributed by atoms with Crippen LogP contribution in [0.15, 0.2) is 29.8 Å². The van der Waals surface area contributed by atoms with Crippen molar-refractivity contribution in [1.29, 1.82) is 0 Å². The summed E-state index contributed by atoms with van der Waals surface area (Å²) in [5.41, 5.74) is -0.857. The zero-order valence-corrected chi connectivity index (χ0v) is 29.7. The molecular weight excluding hydrogens is 592 g/mol. The van der Waals surface area contributed by atoms with Gasteiger partial charge >= 0.3 is 0 Å². The quantitative estimate of drug-likeness (QED) is 0.199. The third kappa shape index (κ3) is 5.74. The molecule has 4 aliphatic carbocycles. The summed E-state index contributed by atoms with van der Waals surface area (Å²) in [6, 6.07) is 5.86. The van der Waals surface area contributed by atoms with Crippen LogP contribution in [0, 0.1) is 46.3 Å². The lowest BCUT2D eigenvalue weighted by atomic mass is 9.44. The van der Waals surface area contributed by atoms with Gasteiger partial charge in [0.25, 0.3) is 0 Å². The van der Waals surface area contributed by atoms with Crippen LogP contribution in [0.1, 0.15) is 111 Å². The highest BCUT2D eigenvalue weighted by molar-refractivity contribution is 5.95.